The van der Waals surface area contributed by atoms with Crippen molar-refractivity contribution in [3.05, 3.63) is 0 Å². The number of nitrogens with one attached hydrogen (secondary N) is 1. The topological polar surface area (TPSA) is 75.7 Å². The molecular formula is C15H24N2O4S. The minimum absolute atomic E-state index is 0.00377. The van der Waals surface area contributed by atoms with Crippen molar-refractivity contribution in [3.63, 3.8) is 0 Å². The van der Waals surface area contributed by atoms with Crippen LogP contribution in [-0.2, 0) is 19.1 Å². The molecule has 2 amide bonds. The van der Waals surface area contributed by atoms with Gasteiger partial charge in [0.1, 0.15) is 6.04 Å². The molecule has 2 heterocycles. The molecule has 0 bridgehead atoms. The molecular weight excluding hydrogens is 304 g/mol. The van der Waals surface area contributed by atoms with Crippen molar-refractivity contribution in [1.29, 1.82) is 0 Å². The van der Waals surface area contributed by atoms with Crippen molar-refractivity contribution < 1.29 is 19.1 Å². The fraction of sp³-hybridized carbons (Fsp3) is 0.800. The first-order valence-corrected chi connectivity index (χ1v) is 8.82. The Morgan fingerprint density at radius 1 is 1.45 bits per heavy atom. The van der Waals surface area contributed by atoms with E-state index in [1.807, 2.05) is 20.8 Å². The maximum Gasteiger partial charge on any atom is 0.330 e. The summed E-state index contributed by atoms with van der Waals surface area (Å²) in [5.74, 6) is -0.236. The number of rotatable bonds is 6. The van der Waals surface area contributed by atoms with E-state index in [4.69, 9.17) is 4.74 Å². The largest absolute Gasteiger partial charge is 0.454 e. The average molecular weight is 328 g/mol. The number of thioether (sulfide) groups is 1. The van der Waals surface area contributed by atoms with Crippen LogP contribution in [0.25, 0.3) is 0 Å². The Bertz CT molecular complexity index is 466. The highest BCUT2D eigenvalue weighted by Gasteiger charge is 2.53. The van der Waals surface area contributed by atoms with Gasteiger partial charge in [0.2, 0.25) is 5.91 Å². The molecule has 0 aliphatic carbocycles. The van der Waals surface area contributed by atoms with Gasteiger partial charge >= 0.3 is 5.97 Å². The summed E-state index contributed by atoms with van der Waals surface area (Å²) in [6.45, 7) is 5.69. The minimum Gasteiger partial charge on any atom is -0.454 e. The zero-order valence-electron chi connectivity index (χ0n) is 13.4. The van der Waals surface area contributed by atoms with Gasteiger partial charge in [-0.25, -0.2) is 4.79 Å². The smallest absolute Gasteiger partial charge is 0.330 e. The molecule has 2 saturated heterocycles. The van der Waals surface area contributed by atoms with E-state index in [-0.39, 0.29) is 29.3 Å². The Kier molecular flexibility index (Phi) is 5.36. The molecule has 2 fully saturated rings. The van der Waals surface area contributed by atoms with Crippen molar-refractivity contribution in [1.82, 2.24) is 10.2 Å². The van der Waals surface area contributed by atoms with Gasteiger partial charge in [-0.1, -0.05) is 13.8 Å². The van der Waals surface area contributed by atoms with Gasteiger partial charge in [0.05, 0.1) is 4.87 Å². The van der Waals surface area contributed by atoms with Crippen LogP contribution in [0.15, 0.2) is 0 Å². The van der Waals surface area contributed by atoms with E-state index < -0.39 is 12.0 Å². The van der Waals surface area contributed by atoms with Crippen LogP contribution in [-0.4, -0.2) is 52.0 Å². The number of carbonyl (C=O) groups excluding carboxylic acids is 3. The molecule has 0 aromatic carbocycles. The van der Waals surface area contributed by atoms with Gasteiger partial charge in [-0.05, 0) is 26.2 Å². The molecule has 2 aliphatic rings. The highest BCUT2D eigenvalue weighted by Crippen LogP contribution is 2.47. The molecule has 0 unspecified atom stereocenters. The van der Waals surface area contributed by atoms with Gasteiger partial charge in [-0.15, -0.1) is 11.8 Å². The van der Waals surface area contributed by atoms with Crippen LogP contribution in [0.2, 0.25) is 0 Å². The summed E-state index contributed by atoms with van der Waals surface area (Å²) in [5, 5.41) is 2.82. The van der Waals surface area contributed by atoms with Crippen molar-refractivity contribution in [2.45, 2.75) is 63.4 Å². The van der Waals surface area contributed by atoms with Crippen LogP contribution in [0.5, 0.6) is 0 Å². The van der Waals surface area contributed by atoms with Gasteiger partial charge in [-0.3, -0.25) is 9.59 Å². The van der Waals surface area contributed by atoms with Gasteiger partial charge in [0.25, 0.3) is 5.91 Å². The Labute approximate surface area is 135 Å². The second kappa shape index (κ2) is 6.89. The number of hydrogen-bond acceptors (Lipinski definition) is 5. The second-order valence-corrected chi connectivity index (χ2v) is 7.46. The Morgan fingerprint density at radius 3 is 2.77 bits per heavy atom. The molecule has 22 heavy (non-hydrogen) atoms. The maximum atomic E-state index is 12.2. The zero-order chi connectivity index (χ0) is 16.3. The molecule has 2 rings (SSSR count). The van der Waals surface area contributed by atoms with E-state index in [0.717, 1.165) is 19.3 Å². The molecule has 0 aromatic heterocycles. The van der Waals surface area contributed by atoms with E-state index in [1.165, 1.54) is 0 Å². The van der Waals surface area contributed by atoms with E-state index in [0.29, 0.717) is 12.2 Å². The average Bonchev–Trinajstić information content (AvgIpc) is 2.99. The molecule has 2 aliphatic heterocycles. The van der Waals surface area contributed by atoms with E-state index in [9.17, 15) is 14.4 Å². The number of esters is 1. The lowest BCUT2D eigenvalue weighted by Crippen LogP contribution is -2.47. The summed E-state index contributed by atoms with van der Waals surface area (Å²) in [4.78, 5) is 37.3. The van der Waals surface area contributed by atoms with Crippen LogP contribution in [0.1, 0.15) is 46.5 Å². The summed E-state index contributed by atoms with van der Waals surface area (Å²) < 4.78 is 5.12. The molecule has 2 atom stereocenters. The highest BCUT2D eigenvalue weighted by molar-refractivity contribution is 8.01. The normalized spacial score (nSPS) is 27.2. The minimum atomic E-state index is -0.564. The number of fused-ring (bicyclic) bond motifs is 1. The second-order valence-electron chi connectivity index (χ2n) is 5.95. The third-order valence-corrected chi connectivity index (χ3v) is 5.92. The zero-order valence-corrected chi connectivity index (χ0v) is 14.2. The lowest BCUT2D eigenvalue weighted by Gasteiger charge is -2.29. The number of amides is 2. The maximum absolute atomic E-state index is 12.2. The molecule has 6 nitrogen and oxygen atoms in total. The highest BCUT2D eigenvalue weighted by atomic mass is 32.2. The van der Waals surface area contributed by atoms with E-state index >= 15 is 0 Å². The Balaban J connectivity index is 1.85. The Hall–Kier alpha value is -1.24. The molecule has 0 radical (unpaired) electrons. The lowest BCUT2D eigenvalue weighted by atomic mass is 10.2. The molecule has 7 heteroatoms. The van der Waals surface area contributed by atoms with E-state index in [2.05, 4.69) is 5.32 Å². The first kappa shape index (κ1) is 17.1. The summed E-state index contributed by atoms with van der Waals surface area (Å²) in [6, 6.07) is -0.456. The van der Waals surface area contributed by atoms with Gasteiger partial charge in [0, 0.05) is 18.2 Å². The van der Waals surface area contributed by atoms with Crippen LogP contribution in [0, 0.1) is 0 Å². The predicted molar refractivity (Wildman–Crippen MR) is 84.2 cm³/mol. The van der Waals surface area contributed by atoms with Crippen molar-refractivity contribution in [2.24, 2.45) is 0 Å². The SMILES string of the molecule is CCC(CC)NC(=O)COC(=O)[C@@H]1CS[C@]2(C)CCC(=O)N12. The molecule has 0 saturated carbocycles. The standard InChI is InChI=1S/C15H24N2O4S/c1-4-10(5-2)16-12(18)8-21-14(20)11-9-22-15(3)7-6-13(19)17(11)15/h10-11H,4-9H2,1-3H3,(H,16,18)/t11-,15+/m0/s1. The van der Waals surface area contributed by atoms with Crippen LogP contribution in [0.4, 0.5) is 0 Å². The third kappa shape index (κ3) is 3.39. The number of ether oxygens (including phenoxy) is 1. The Morgan fingerprint density at radius 2 is 2.14 bits per heavy atom. The summed E-state index contributed by atoms with van der Waals surface area (Å²) in [6.07, 6.45) is 2.92. The third-order valence-electron chi connectivity index (χ3n) is 4.41. The molecule has 0 aromatic rings. The van der Waals surface area contributed by atoms with Crippen molar-refractivity contribution in [3.8, 4) is 0 Å². The summed E-state index contributed by atoms with van der Waals surface area (Å²) in [7, 11) is 0. The van der Waals surface area contributed by atoms with Crippen molar-refractivity contribution >= 4 is 29.5 Å². The fourth-order valence-corrected chi connectivity index (χ4v) is 4.41. The number of carbonyl (C=O) groups is 3. The first-order valence-electron chi connectivity index (χ1n) is 7.83. The molecule has 1 N–H and O–H groups in total. The van der Waals surface area contributed by atoms with Gasteiger partial charge in [-0.2, -0.15) is 0 Å². The lowest BCUT2D eigenvalue weighted by molar-refractivity contribution is -0.156. The molecule has 0 spiro atoms. The van der Waals surface area contributed by atoms with Crippen molar-refractivity contribution in [2.75, 3.05) is 12.4 Å². The first-order chi connectivity index (χ1) is 10.4. The summed E-state index contributed by atoms with van der Waals surface area (Å²) in [5.41, 5.74) is 0. The van der Waals surface area contributed by atoms with E-state index in [1.54, 1.807) is 16.7 Å². The van der Waals surface area contributed by atoms with Gasteiger partial charge < -0.3 is 15.0 Å². The number of hydrogen-bond donors (Lipinski definition) is 1. The predicted octanol–water partition coefficient (Wildman–Crippen LogP) is 1.29. The van der Waals surface area contributed by atoms with Gasteiger partial charge in [0.15, 0.2) is 6.61 Å². The van der Waals surface area contributed by atoms with Crippen LogP contribution in [0.3, 0.4) is 0 Å². The quantitative estimate of drug-likeness (QED) is 0.744. The monoisotopic (exact) mass is 328 g/mol. The number of nitrogens with zero attached hydrogens (tertiary/aromatic N) is 1. The summed E-state index contributed by atoms with van der Waals surface area (Å²) >= 11 is 1.61. The molecule has 124 valence electrons. The fourth-order valence-electron chi connectivity index (χ4n) is 2.99. The van der Waals surface area contributed by atoms with Crippen LogP contribution >= 0.6 is 11.8 Å². The van der Waals surface area contributed by atoms with Crippen LogP contribution < -0.4 is 5.32 Å².